The molecule has 4 nitrogen and oxygen atoms in total. The summed E-state index contributed by atoms with van der Waals surface area (Å²) in [4.78, 5) is 18.0. The summed E-state index contributed by atoms with van der Waals surface area (Å²) in [5.74, 6) is 0.870. The van der Waals surface area contributed by atoms with Crippen molar-refractivity contribution in [2.45, 2.75) is 39.0 Å². The molecular weight excluding hydrogens is 192 g/mol. The Hall–Kier alpha value is -1.32. The lowest BCUT2D eigenvalue weighted by atomic mass is 10.1. The van der Waals surface area contributed by atoms with Crippen molar-refractivity contribution in [3.05, 3.63) is 18.2 Å². The molecule has 0 aliphatic rings. The molecule has 0 saturated heterocycles. The number of imidazole rings is 1. The Morgan fingerprint density at radius 1 is 1.53 bits per heavy atom. The fraction of sp³-hybridized carbons (Fsp3) is 0.636. The maximum atomic E-state index is 11.0. The van der Waals surface area contributed by atoms with Gasteiger partial charge in [0.15, 0.2) is 0 Å². The van der Waals surface area contributed by atoms with E-state index in [4.69, 9.17) is 4.74 Å². The third-order valence-corrected chi connectivity index (χ3v) is 2.10. The quantitative estimate of drug-likeness (QED) is 0.551. The van der Waals surface area contributed by atoms with Gasteiger partial charge in [-0.15, -0.1) is 0 Å². The minimum Gasteiger partial charge on any atom is -0.466 e. The highest BCUT2D eigenvalue weighted by Crippen LogP contribution is 2.04. The lowest BCUT2D eigenvalue weighted by Crippen LogP contribution is -2.03. The van der Waals surface area contributed by atoms with Gasteiger partial charge in [0, 0.05) is 19.0 Å². The van der Waals surface area contributed by atoms with Crippen LogP contribution in [0.3, 0.4) is 0 Å². The van der Waals surface area contributed by atoms with Crippen molar-refractivity contribution in [3.63, 3.8) is 0 Å². The molecule has 1 rings (SSSR count). The van der Waals surface area contributed by atoms with Gasteiger partial charge in [-0.1, -0.05) is 6.42 Å². The fourth-order valence-electron chi connectivity index (χ4n) is 1.36. The fourth-order valence-corrected chi connectivity index (χ4v) is 1.36. The van der Waals surface area contributed by atoms with Crippen LogP contribution in [-0.2, 0) is 16.0 Å². The van der Waals surface area contributed by atoms with Gasteiger partial charge in [0.1, 0.15) is 12.0 Å². The number of H-pyrrole nitrogens is 1. The van der Waals surface area contributed by atoms with Crippen molar-refractivity contribution in [1.82, 2.24) is 9.97 Å². The summed E-state index contributed by atoms with van der Waals surface area (Å²) in [5.41, 5.74) is 0. The third-order valence-electron chi connectivity index (χ3n) is 2.10. The smallest absolute Gasteiger partial charge is 0.305 e. The number of hydrogen-bond acceptors (Lipinski definition) is 3. The molecule has 0 saturated carbocycles. The van der Waals surface area contributed by atoms with Crippen molar-refractivity contribution in [2.75, 3.05) is 6.61 Å². The van der Waals surface area contributed by atoms with Gasteiger partial charge in [-0.25, -0.2) is 4.98 Å². The second kappa shape index (κ2) is 7.04. The lowest BCUT2D eigenvalue weighted by molar-refractivity contribution is -0.143. The van der Waals surface area contributed by atoms with E-state index in [0.717, 1.165) is 31.5 Å². The van der Waals surface area contributed by atoms with E-state index >= 15 is 0 Å². The van der Waals surface area contributed by atoms with Crippen molar-refractivity contribution in [3.8, 4) is 0 Å². The van der Waals surface area contributed by atoms with Gasteiger partial charge in [0.2, 0.25) is 0 Å². The first kappa shape index (κ1) is 11.8. The number of carbonyl (C=O) groups is 1. The van der Waals surface area contributed by atoms with E-state index in [-0.39, 0.29) is 5.97 Å². The van der Waals surface area contributed by atoms with E-state index in [1.165, 1.54) is 0 Å². The Labute approximate surface area is 90.1 Å². The Balaban J connectivity index is 1.95. The van der Waals surface area contributed by atoms with Crippen molar-refractivity contribution >= 4 is 5.97 Å². The van der Waals surface area contributed by atoms with E-state index < -0.39 is 0 Å². The molecule has 1 aromatic rings. The molecule has 4 heteroatoms. The highest BCUT2D eigenvalue weighted by Gasteiger charge is 2.01. The van der Waals surface area contributed by atoms with Crippen LogP contribution in [0.15, 0.2) is 6.20 Å². The summed E-state index contributed by atoms with van der Waals surface area (Å²) in [7, 11) is 0. The van der Waals surface area contributed by atoms with Crippen LogP contribution in [-0.4, -0.2) is 22.5 Å². The van der Waals surface area contributed by atoms with Crippen LogP contribution >= 0.6 is 0 Å². The molecule has 0 unspecified atom stereocenters. The number of esters is 1. The Bertz CT molecular complexity index is 270. The van der Waals surface area contributed by atoms with Crippen molar-refractivity contribution in [2.24, 2.45) is 0 Å². The van der Waals surface area contributed by atoms with Gasteiger partial charge in [-0.3, -0.25) is 4.79 Å². The number of unbranched alkanes of at least 4 members (excludes halogenated alkanes) is 2. The number of aryl methyl sites for hydroxylation is 1. The molecule has 0 amide bonds. The molecule has 1 radical (unpaired) electrons. The summed E-state index contributed by atoms with van der Waals surface area (Å²) >= 11 is 0. The van der Waals surface area contributed by atoms with Gasteiger partial charge >= 0.3 is 5.97 Å². The molecule has 1 N–H and O–H groups in total. The van der Waals surface area contributed by atoms with Crippen LogP contribution in [0.25, 0.3) is 0 Å². The van der Waals surface area contributed by atoms with Gasteiger partial charge in [-0.2, -0.15) is 0 Å². The minimum atomic E-state index is -0.0937. The van der Waals surface area contributed by atoms with E-state index in [2.05, 4.69) is 16.2 Å². The number of aromatic nitrogens is 2. The molecule has 0 aliphatic carbocycles. The summed E-state index contributed by atoms with van der Waals surface area (Å²) in [6.07, 6.45) is 8.84. The largest absolute Gasteiger partial charge is 0.466 e. The molecule has 83 valence electrons. The minimum absolute atomic E-state index is 0.0937. The number of carbonyl (C=O) groups excluding carboxylic acids is 1. The topological polar surface area (TPSA) is 55.0 Å². The zero-order valence-corrected chi connectivity index (χ0v) is 9.08. The Morgan fingerprint density at radius 2 is 2.40 bits per heavy atom. The van der Waals surface area contributed by atoms with Crippen LogP contribution < -0.4 is 0 Å². The molecule has 0 aliphatic heterocycles. The van der Waals surface area contributed by atoms with Crippen LogP contribution in [0.1, 0.15) is 38.4 Å². The van der Waals surface area contributed by atoms with Gasteiger partial charge < -0.3 is 9.72 Å². The standard InChI is InChI=1S/C11H17N2O2/c1-2-15-11(14)7-5-3-4-6-10-12-8-9-13-10/h8H,2-7H2,1H3,(H,12,13). The Kier molecular flexibility index (Phi) is 5.51. The highest BCUT2D eigenvalue weighted by molar-refractivity contribution is 5.69. The van der Waals surface area contributed by atoms with Crippen LogP contribution in [0.5, 0.6) is 0 Å². The lowest BCUT2D eigenvalue weighted by Gasteiger charge is -2.01. The van der Waals surface area contributed by atoms with E-state index in [1.807, 2.05) is 6.92 Å². The first-order valence-corrected chi connectivity index (χ1v) is 5.39. The van der Waals surface area contributed by atoms with Crippen molar-refractivity contribution in [1.29, 1.82) is 0 Å². The first-order chi connectivity index (χ1) is 7.33. The molecule has 0 fully saturated rings. The molecule has 0 atom stereocenters. The molecule has 1 aromatic heterocycles. The molecule has 15 heavy (non-hydrogen) atoms. The summed E-state index contributed by atoms with van der Waals surface area (Å²) in [6, 6.07) is 0. The van der Waals surface area contributed by atoms with E-state index in [9.17, 15) is 4.79 Å². The molecule has 1 heterocycles. The molecule has 0 spiro atoms. The SMILES string of the molecule is CCOC(=O)CCCCCc1n[c]c[nH]1. The number of rotatable bonds is 7. The predicted octanol–water partition coefficient (Wildman–Crippen LogP) is 1.88. The number of nitrogens with zero attached hydrogens (tertiary/aromatic N) is 1. The summed E-state index contributed by atoms with van der Waals surface area (Å²) in [5, 5.41) is 0. The Morgan fingerprint density at radius 3 is 3.07 bits per heavy atom. The van der Waals surface area contributed by atoms with E-state index in [0.29, 0.717) is 13.0 Å². The van der Waals surface area contributed by atoms with E-state index in [1.54, 1.807) is 6.20 Å². The third kappa shape index (κ3) is 5.20. The predicted molar refractivity (Wildman–Crippen MR) is 56.2 cm³/mol. The van der Waals surface area contributed by atoms with Crippen LogP contribution in [0.2, 0.25) is 0 Å². The zero-order valence-electron chi connectivity index (χ0n) is 9.08. The summed E-state index contributed by atoms with van der Waals surface area (Å²) < 4.78 is 4.83. The van der Waals surface area contributed by atoms with Gasteiger partial charge in [0.05, 0.1) is 6.61 Å². The monoisotopic (exact) mass is 209 g/mol. The number of hydrogen-bond donors (Lipinski definition) is 1. The normalized spacial score (nSPS) is 10.2. The van der Waals surface area contributed by atoms with Crippen LogP contribution in [0, 0.1) is 6.20 Å². The van der Waals surface area contributed by atoms with Crippen LogP contribution in [0.4, 0.5) is 0 Å². The first-order valence-electron chi connectivity index (χ1n) is 5.39. The number of nitrogens with one attached hydrogen (secondary N) is 1. The number of aromatic amines is 1. The molecule has 0 aromatic carbocycles. The number of ether oxygens (including phenoxy) is 1. The average molecular weight is 209 g/mol. The summed E-state index contributed by atoms with van der Waals surface area (Å²) in [6.45, 7) is 2.30. The molecule has 0 bridgehead atoms. The van der Waals surface area contributed by atoms with Crippen molar-refractivity contribution < 1.29 is 9.53 Å². The maximum Gasteiger partial charge on any atom is 0.305 e. The second-order valence-corrected chi connectivity index (χ2v) is 3.34. The van der Waals surface area contributed by atoms with Gasteiger partial charge in [0.25, 0.3) is 0 Å². The maximum absolute atomic E-state index is 11.0. The highest BCUT2D eigenvalue weighted by atomic mass is 16.5. The van der Waals surface area contributed by atoms with Gasteiger partial charge in [-0.05, 0) is 19.8 Å². The second-order valence-electron chi connectivity index (χ2n) is 3.34. The average Bonchev–Trinajstić information content (AvgIpc) is 2.70. The zero-order chi connectivity index (χ0) is 10.9. The molecular formula is C11H17N2O2.